The van der Waals surface area contributed by atoms with E-state index >= 15 is 0 Å². The van der Waals surface area contributed by atoms with Gasteiger partial charge in [-0.1, -0.05) is 77.8 Å². The van der Waals surface area contributed by atoms with Crippen LogP contribution < -0.4 is 10.6 Å². The third-order valence-corrected chi connectivity index (χ3v) is 7.06. The number of nitrogens with zero attached hydrogens (tertiary/aromatic N) is 2. The zero-order valence-corrected chi connectivity index (χ0v) is 25.7. The maximum Gasteiger partial charge on any atom is 0.552 e. The molecule has 43 heavy (non-hydrogen) atoms. The van der Waals surface area contributed by atoms with Crippen LogP contribution in [-0.2, 0) is 34.9 Å². The molecule has 2 N–H and O–H groups in total. The lowest BCUT2D eigenvalue weighted by Crippen LogP contribution is -2.55. The van der Waals surface area contributed by atoms with Crippen molar-refractivity contribution in [1.82, 2.24) is 20.6 Å². The smallest absolute Gasteiger partial charge is 0.506 e. The SMILES string of the molecule is CCCCC(C)(C)COC(=O)C[C@@H]1OB([C@H](CC(C)C)NC(=O)[C@H](Cc2ccccc2)NC(=O)c2cnccn2)OC1=O. The second-order valence-corrected chi connectivity index (χ2v) is 12.1. The van der Waals surface area contributed by atoms with Crippen LogP contribution in [0.1, 0.15) is 82.8 Å². The molecule has 0 bridgehead atoms. The monoisotopic (exact) mass is 594 g/mol. The molecule has 0 aliphatic carbocycles. The Morgan fingerprint density at radius 3 is 2.51 bits per heavy atom. The fourth-order valence-electron chi connectivity index (χ4n) is 4.69. The van der Waals surface area contributed by atoms with Gasteiger partial charge in [0.15, 0.2) is 6.10 Å². The predicted octanol–water partition coefficient (Wildman–Crippen LogP) is 3.47. The van der Waals surface area contributed by atoms with E-state index in [1.807, 2.05) is 58.0 Å². The molecule has 1 aromatic carbocycles. The third kappa shape index (κ3) is 11.1. The standard InChI is InChI=1S/C31H43BN4O7/c1-6-7-13-31(4,5)20-41-27(37)18-25-30(40)43-32(42-25)26(16-21(2)3)36-28(38)23(17-22-11-9-8-10-12-22)35-29(39)24-19-33-14-15-34-24/h8-12,14-15,19,21,23,25-26H,6-7,13,16-18,20H2,1-5H3,(H,35,39)(H,36,38)/t23-,25-,26-/m0/s1. The van der Waals surface area contributed by atoms with Gasteiger partial charge < -0.3 is 24.7 Å². The highest BCUT2D eigenvalue weighted by Gasteiger charge is 2.47. The lowest BCUT2D eigenvalue weighted by molar-refractivity contribution is -0.152. The van der Waals surface area contributed by atoms with E-state index in [1.54, 1.807) is 0 Å². The number of unbranched alkanes of at least 4 members (excludes halogenated alkanes) is 1. The maximum absolute atomic E-state index is 13.6. The van der Waals surface area contributed by atoms with Gasteiger partial charge in [-0.3, -0.25) is 24.2 Å². The molecular formula is C31H43BN4O7. The molecule has 232 valence electrons. The summed E-state index contributed by atoms with van der Waals surface area (Å²) < 4.78 is 16.8. The van der Waals surface area contributed by atoms with Crippen molar-refractivity contribution in [2.24, 2.45) is 11.3 Å². The van der Waals surface area contributed by atoms with Gasteiger partial charge in [-0.25, -0.2) is 4.98 Å². The zero-order chi connectivity index (χ0) is 31.4. The number of hydrogen-bond donors (Lipinski definition) is 2. The van der Waals surface area contributed by atoms with Crippen molar-refractivity contribution in [3.05, 3.63) is 60.2 Å². The fraction of sp³-hybridized carbons (Fsp3) is 0.548. The van der Waals surface area contributed by atoms with Gasteiger partial charge in [0.25, 0.3) is 5.91 Å². The van der Waals surface area contributed by atoms with Crippen LogP contribution in [-0.4, -0.2) is 65.5 Å². The van der Waals surface area contributed by atoms with Crippen LogP contribution in [0.5, 0.6) is 0 Å². The number of benzene rings is 1. The highest BCUT2D eigenvalue weighted by molar-refractivity contribution is 6.51. The number of rotatable bonds is 16. The van der Waals surface area contributed by atoms with E-state index in [1.165, 1.54) is 18.6 Å². The van der Waals surface area contributed by atoms with Gasteiger partial charge in [-0.15, -0.1) is 0 Å². The highest BCUT2D eigenvalue weighted by Crippen LogP contribution is 2.25. The van der Waals surface area contributed by atoms with E-state index in [4.69, 9.17) is 14.0 Å². The number of esters is 1. The second-order valence-electron chi connectivity index (χ2n) is 12.1. The summed E-state index contributed by atoms with van der Waals surface area (Å²) in [6.07, 6.45) is 6.37. The first kappa shape index (κ1) is 33.7. The lowest BCUT2D eigenvalue weighted by atomic mass is 9.74. The lowest BCUT2D eigenvalue weighted by Gasteiger charge is -2.25. The van der Waals surface area contributed by atoms with Crippen LogP contribution in [0.25, 0.3) is 0 Å². The fourth-order valence-corrected chi connectivity index (χ4v) is 4.69. The van der Waals surface area contributed by atoms with E-state index in [0.717, 1.165) is 24.8 Å². The molecule has 1 aromatic heterocycles. The Kier molecular flexibility index (Phi) is 12.7. The summed E-state index contributed by atoms with van der Waals surface area (Å²) in [6, 6.07) is 8.30. The summed E-state index contributed by atoms with van der Waals surface area (Å²) in [5, 5.41) is 5.67. The number of carbonyl (C=O) groups is 4. The number of aromatic nitrogens is 2. The van der Waals surface area contributed by atoms with Crippen LogP contribution >= 0.6 is 0 Å². The Morgan fingerprint density at radius 1 is 1.12 bits per heavy atom. The van der Waals surface area contributed by atoms with Crippen LogP contribution in [0.15, 0.2) is 48.9 Å². The molecule has 3 rings (SSSR count). The van der Waals surface area contributed by atoms with Gasteiger partial charge in [-0.2, -0.15) is 0 Å². The van der Waals surface area contributed by atoms with E-state index < -0.39 is 49.0 Å². The zero-order valence-electron chi connectivity index (χ0n) is 25.7. The molecule has 2 amide bonds. The summed E-state index contributed by atoms with van der Waals surface area (Å²) in [7, 11) is -1.11. The molecule has 1 aliphatic heterocycles. The average molecular weight is 595 g/mol. The Balaban J connectivity index is 1.67. The van der Waals surface area contributed by atoms with Gasteiger partial charge in [-0.05, 0) is 29.7 Å². The molecule has 1 saturated heterocycles. The minimum atomic E-state index is -1.14. The summed E-state index contributed by atoms with van der Waals surface area (Å²) in [4.78, 5) is 59.7. The predicted molar refractivity (Wildman–Crippen MR) is 160 cm³/mol. The highest BCUT2D eigenvalue weighted by atomic mass is 16.7. The molecule has 1 fully saturated rings. The van der Waals surface area contributed by atoms with Gasteiger partial charge in [0.05, 0.1) is 25.2 Å². The number of hydrogen-bond acceptors (Lipinski definition) is 9. The van der Waals surface area contributed by atoms with Gasteiger partial charge in [0.2, 0.25) is 5.91 Å². The van der Waals surface area contributed by atoms with Crippen molar-refractivity contribution in [1.29, 1.82) is 0 Å². The van der Waals surface area contributed by atoms with Crippen molar-refractivity contribution in [2.45, 2.75) is 91.2 Å². The minimum absolute atomic E-state index is 0.0728. The molecule has 0 radical (unpaired) electrons. The summed E-state index contributed by atoms with van der Waals surface area (Å²) in [5.41, 5.74) is 0.738. The molecule has 2 aromatic rings. The summed E-state index contributed by atoms with van der Waals surface area (Å²) in [6.45, 7) is 10.3. The molecule has 0 spiro atoms. The largest absolute Gasteiger partial charge is 0.552 e. The molecule has 11 nitrogen and oxygen atoms in total. The number of carbonyl (C=O) groups excluding carboxylic acids is 4. The molecule has 3 atom stereocenters. The van der Waals surface area contributed by atoms with Crippen molar-refractivity contribution >= 4 is 30.9 Å². The van der Waals surface area contributed by atoms with Gasteiger partial charge >= 0.3 is 19.1 Å². The van der Waals surface area contributed by atoms with Crippen LogP contribution in [0.3, 0.4) is 0 Å². The molecular weight excluding hydrogens is 551 g/mol. The Labute approximate surface area is 254 Å². The first-order valence-corrected chi connectivity index (χ1v) is 14.9. The Bertz CT molecular complexity index is 1210. The third-order valence-electron chi connectivity index (χ3n) is 7.06. The summed E-state index contributed by atoms with van der Waals surface area (Å²) in [5.74, 6) is -2.90. The first-order valence-electron chi connectivity index (χ1n) is 14.9. The van der Waals surface area contributed by atoms with Crippen LogP contribution in [0.4, 0.5) is 0 Å². The number of amides is 2. The summed E-state index contributed by atoms with van der Waals surface area (Å²) >= 11 is 0. The maximum atomic E-state index is 13.6. The molecule has 0 unspecified atom stereocenters. The van der Waals surface area contributed by atoms with Crippen LogP contribution in [0, 0.1) is 11.3 Å². The quantitative estimate of drug-likeness (QED) is 0.220. The Morgan fingerprint density at radius 2 is 1.86 bits per heavy atom. The first-order chi connectivity index (χ1) is 20.5. The molecule has 2 heterocycles. The van der Waals surface area contributed by atoms with E-state index in [-0.39, 0.29) is 36.5 Å². The second kappa shape index (κ2) is 16.2. The molecule has 0 saturated carbocycles. The van der Waals surface area contributed by atoms with Crippen LogP contribution in [0.2, 0.25) is 0 Å². The normalized spacial score (nSPS) is 16.4. The van der Waals surface area contributed by atoms with Crippen molar-refractivity contribution in [3.8, 4) is 0 Å². The number of ether oxygens (including phenoxy) is 1. The molecule has 12 heteroatoms. The van der Waals surface area contributed by atoms with Crippen molar-refractivity contribution in [3.63, 3.8) is 0 Å². The molecule has 1 aliphatic rings. The van der Waals surface area contributed by atoms with Gasteiger partial charge in [0.1, 0.15) is 11.7 Å². The van der Waals surface area contributed by atoms with E-state index in [2.05, 4.69) is 27.5 Å². The number of nitrogens with one attached hydrogen (secondary N) is 2. The van der Waals surface area contributed by atoms with E-state index in [9.17, 15) is 19.2 Å². The topological polar surface area (TPSA) is 146 Å². The van der Waals surface area contributed by atoms with Gasteiger partial charge in [0, 0.05) is 18.8 Å². The minimum Gasteiger partial charge on any atom is -0.506 e. The average Bonchev–Trinajstić information content (AvgIpc) is 3.34. The van der Waals surface area contributed by atoms with Crippen molar-refractivity contribution < 1.29 is 33.2 Å². The van der Waals surface area contributed by atoms with Crippen molar-refractivity contribution in [2.75, 3.05) is 6.61 Å². The van der Waals surface area contributed by atoms with E-state index in [0.29, 0.717) is 6.42 Å². The Hall–Kier alpha value is -3.80.